The van der Waals surface area contributed by atoms with Crippen LogP contribution in [0.5, 0.6) is 0 Å². The third-order valence-electron chi connectivity index (χ3n) is 4.53. The topological polar surface area (TPSA) is 185 Å². The Morgan fingerprint density at radius 2 is 1.63 bits per heavy atom. The SMILES string of the molecule is CC(=O)N[C@@H]1[C@@H](OCCN)O[C@H](C(O)C(C)=O)[C@](O)(C(C)=O)[C@@]1(O)C(C)=O. The number of hydrogen-bond acceptors (Lipinski definition) is 10. The molecule has 0 aromatic carbocycles. The van der Waals surface area contributed by atoms with Gasteiger partial charge in [0.05, 0.1) is 6.61 Å². The van der Waals surface area contributed by atoms with Crippen LogP contribution >= 0.6 is 0 Å². The number of ketones is 3. The number of aliphatic hydroxyl groups excluding tert-OH is 1. The van der Waals surface area contributed by atoms with E-state index in [1.165, 1.54) is 0 Å². The highest BCUT2D eigenvalue weighted by molar-refractivity contribution is 6.00. The van der Waals surface area contributed by atoms with Gasteiger partial charge >= 0.3 is 0 Å². The maximum Gasteiger partial charge on any atom is 0.217 e. The van der Waals surface area contributed by atoms with Gasteiger partial charge in [-0.2, -0.15) is 0 Å². The highest BCUT2D eigenvalue weighted by Gasteiger charge is 2.72. The fraction of sp³-hybridized carbons (Fsp3) is 0.750. The quantitative estimate of drug-likeness (QED) is 0.282. The van der Waals surface area contributed by atoms with Gasteiger partial charge in [-0.3, -0.25) is 19.2 Å². The normalized spacial score (nSPS) is 34.6. The number of ether oxygens (including phenoxy) is 2. The van der Waals surface area contributed by atoms with Crippen molar-refractivity contribution in [3.8, 4) is 0 Å². The largest absolute Gasteiger partial charge is 0.382 e. The van der Waals surface area contributed by atoms with Crippen LogP contribution in [-0.2, 0) is 28.7 Å². The summed E-state index contributed by atoms with van der Waals surface area (Å²) in [6.07, 6.45) is -5.69. The molecule has 0 aromatic heterocycles. The summed E-state index contributed by atoms with van der Waals surface area (Å²) in [4.78, 5) is 47.9. The van der Waals surface area contributed by atoms with E-state index in [1.807, 2.05) is 0 Å². The number of hydrogen-bond donors (Lipinski definition) is 5. The Labute approximate surface area is 155 Å². The number of nitrogens with two attached hydrogens (primary N) is 1. The van der Waals surface area contributed by atoms with Gasteiger partial charge < -0.3 is 35.8 Å². The summed E-state index contributed by atoms with van der Waals surface area (Å²) in [5, 5.41) is 34.6. The van der Waals surface area contributed by atoms with Gasteiger partial charge in [-0.25, -0.2) is 0 Å². The smallest absolute Gasteiger partial charge is 0.217 e. The molecule has 0 saturated carbocycles. The summed E-state index contributed by atoms with van der Waals surface area (Å²) in [6, 6.07) is -1.72. The van der Waals surface area contributed by atoms with E-state index in [9.17, 15) is 34.5 Å². The molecule has 0 bridgehead atoms. The summed E-state index contributed by atoms with van der Waals surface area (Å²) < 4.78 is 10.7. The molecule has 1 aliphatic rings. The van der Waals surface area contributed by atoms with E-state index in [0.29, 0.717) is 0 Å². The molecule has 27 heavy (non-hydrogen) atoms. The predicted molar refractivity (Wildman–Crippen MR) is 89.2 cm³/mol. The van der Waals surface area contributed by atoms with E-state index in [-0.39, 0.29) is 13.2 Å². The van der Waals surface area contributed by atoms with Crippen LogP contribution < -0.4 is 11.1 Å². The zero-order valence-corrected chi connectivity index (χ0v) is 15.6. The zero-order chi connectivity index (χ0) is 21.2. The van der Waals surface area contributed by atoms with Crippen molar-refractivity contribution in [3.05, 3.63) is 0 Å². The third kappa shape index (κ3) is 3.93. The van der Waals surface area contributed by atoms with Gasteiger partial charge in [-0.15, -0.1) is 0 Å². The molecule has 1 aliphatic heterocycles. The van der Waals surface area contributed by atoms with Crippen LogP contribution in [0.25, 0.3) is 0 Å². The number of nitrogens with one attached hydrogen (secondary N) is 1. The molecule has 154 valence electrons. The van der Waals surface area contributed by atoms with Crippen LogP contribution in [0.1, 0.15) is 27.7 Å². The van der Waals surface area contributed by atoms with Gasteiger partial charge in [0.15, 0.2) is 34.8 Å². The lowest BCUT2D eigenvalue weighted by atomic mass is 9.66. The van der Waals surface area contributed by atoms with Crippen LogP contribution in [0, 0.1) is 0 Å². The second-order valence-corrected chi connectivity index (χ2v) is 6.46. The monoisotopic (exact) mass is 390 g/mol. The molecule has 1 unspecified atom stereocenters. The van der Waals surface area contributed by atoms with Gasteiger partial charge in [0.1, 0.15) is 18.2 Å². The predicted octanol–water partition coefficient (Wildman–Crippen LogP) is -3.22. The summed E-state index contributed by atoms with van der Waals surface area (Å²) in [5.74, 6) is -3.87. The number of carbonyl (C=O) groups is 4. The molecule has 0 spiro atoms. The number of aliphatic hydroxyl groups is 3. The third-order valence-corrected chi connectivity index (χ3v) is 4.53. The second-order valence-electron chi connectivity index (χ2n) is 6.46. The van der Waals surface area contributed by atoms with Crippen molar-refractivity contribution in [1.82, 2.24) is 5.32 Å². The number of Topliss-reactive ketones (excluding diaryl/α,β-unsaturated/α-hetero) is 3. The Morgan fingerprint density at radius 3 is 2.00 bits per heavy atom. The van der Waals surface area contributed by atoms with E-state index in [4.69, 9.17) is 15.2 Å². The second kappa shape index (κ2) is 8.50. The Balaban J connectivity index is 3.68. The van der Waals surface area contributed by atoms with E-state index in [0.717, 1.165) is 27.7 Å². The minimum absolute atomic E-state index is 0.00204. The lowest BCUT2D eigenvalue weighted by molar-refractivity contribution is -0.322. The Bertz CT molecular complexity index is 625. The fourth-order valence-corrected chi connectivity index (χ4v) is 3.16. The molecule has 0 radical (unpaired) electrons. The van der Waals surface area contributed by atoms with Crippen molar-refractivity contribution in [2.75, 3.05) is 13.2 Å². The van der Waals surface area contributed by atoms with Gasteiger partial charge in [-0.1, -0.05) is 0 Å². The first-order chi connectivity index (χ1) is 12.3. The molecule has 0 aromatic rings. The van der Waals surface area contributed by atoms with E-state index in [2.05, 4.69) is 5.32 Å². The van der Waals surface area contributed by atoms with Crippen LogP contribution in [0.3, 0.4) is 0 Å². The Hall–Kier alpha value is -1.76. The van der Waals surface area contributed by atoms with Crippen molar-refractivity contribution in [1.29, 1.82) is 0 Å². The maximum atomic E-state index is 12.4. The van der Waals surface area contributed by atoms with Crippen molar-refractivity contribution >= 4 is 23.3 Å². The average Bonchev–Trinajstić information content (AvgIpc) is 2.56. The van der Waals surface area contributed by atoms with Crippen molar-refractivity contribution in [3.63, 3.8) is 0 Å². The maximum absolute atomic E-state index is 12.4. The van der Waals surface area contributed by atoms with Crippen molar-refractivity contribution in [2.45, 2.75) is 63.4 Å². The van der Waals surface area contributed by atoms with E-state index < -0.39 is 59.0 Å². The van der Waals surface area contributed by atoms with Crippen molar-refractivity contribution < 1.29 is 44.0 Å². The first-order valence-electron chi connectivity index (χ1n) is 8.25. The van der Waals surface area contributed by atoms with Crippen molar-refractivity contribution in [2.24, 2.45) is 5.73 Å². The lowest BCUT2D eigenvalue weighted by Gasteiger charge is -2.55. The van der Waals surface area contributed by atoms with Crippen LogP contribution in [0.4, 0.5) is 0 Å². The molecule has 6 atom stereocenters. The van der Waals surface area contributed by atoms with Crippen LogP contribution in [0.2, 0.25) is 0 Å². The summed E-state index contributed by atoms with van der Waals surface area (Å²) >= 11 is 0. The molecular weight excluding hydrogens is 364 g/mol. The molecule has 6 N–H and O–H groups in total. The summed E-state index contributed by atoms with van der Waals surface area (Å²) in [6.45, 7) is 3.63. The summed E-state index contributed by atoms with van der Waals surface area (Å²) in [7, 11) is 0. The van der Waals surface area contributed by atoms with Gasteiger partial charge in [0.25, 0.3) is 0 Å². The van der Waals surface area contributed by atoms with E-state index in [1.54, 1.807) is 0 Å². The molecule has 11 nitrogen and oxygen atoms in total. The van der Waals surface area contributed by atoms with E-state index >= 15 is 0 Å². The lowest BCUT2D eigenvalue weighted by Crippen LogP contribution is -2.83. The van der Waals surface area contributed by atoms with Gasteiger partial charge in [-0.05, 0) is 20.8 Å². The Kier molecular flexibility index (Phi) is 7.33. The molecular formula is C16H26N2O9. The van der Waals surface area contributed by atoms with Gasteiger partial charge in [0, 0.05) is 13.5 Å². The molecule has 1 amide bonds. The zero-order valence-electron chi connectivity index (χ0n) is 15.6. The number of carbonyl (C=O) groups excluding carboxylic acids is 4. The Morgan fingerprint density at radius 1 is 1.11 bits per heavy atom. The van der Waals surface area contributed by atoms with Gasteiger partial charge in [0.2, 0.25) is 5.91 Å². The first-order valence-corrected chi connectivity index (χ1v) is 8.25. The first kappa shape index (κ1) is 23.3. The average molecular weight is 390 g/mol. The number of amides is 1. The standard InChI is InChI=1S/C16H26N2O9/c1-7(19)11(23)13-16(25,9(3)21)15(24,8(2)20)12(18-10(4)22)14(27-13)26-6-5-17/h11-14,23-25H,5-6,17H2,1-4H3,(H,18,22)/t11?,12-,13-,14+,15-,16-/m1/s1. The molecule has 1 rings (SSSR count). The van der Waals surface area contributed by atoms with Crippen LogP contribution in [0.15, 0.2) is 0 Å². The summed E-state index contributed by atoms with van der Waals surface area (Å²) in [5.41, 5.74) is -0.638. The minimum Gasteiger partial charge on any atom is -0.382 e. The molecule has 11 heteroatoms. The highest BCUT2D eigenvalue weighted by atomic mass is 16.7. The molecule has 1 fully saturated rings. The molecule has 0 aliphatic carbocycles. The molecule has 1 saturated heterocycles. The molecule has 1 heterocycles. The van der Waals surface area contributed by atoms with Crippen LogP contribution in [-0.4, -0.2) is 87.5 Å². The highest BCUT2D eigenvalue weighted by Crippen LogP contribution is 2.41. The number of rotatable bonds is 8. The fourth-order valence-electron chi connectivity index (χ4n) is 3.16. The minimum atomic E-state index is -3.04.